The number of hydrogen-bond donors (Lipinski definition) is 2. The molecule has 4 nitrogen and oxygen atoms in total. The zero-order chi connectivity index (χ0) is 9.52. The molecule has 0 fully saturated rings. The maximum Gasteiger partial charge on any atom is 0.143 e. The summed E-state index contributed by atoms with van der Waals surface area (Å²) in [7, 11) is 0. The maximum absolute atomic E-state index is 8.70. The van der Waals surface area contributed by atoms with Gasteiger partial charge in [-0.15, -0.1) is 0 Å². The summed E-state index contributed by atoms with van der Waals surface area (Å²) in [5, 5.41) is 20.2. The van der Waals surface area contributed by atoms with Crippen LogP contribution in [0.15, 0.2) is 18.3 Å². The number of nitriles is 1. The second-order valence-electron chi connectivity index (χ2n) is 2.52. The first-order valence-corrected chi connectivity index (χ1v) is 4.08. The van der Waals surface area contributed by atoms with Gasteiger partial charge in [-0.1, -0.05) is 0 Å². The van der Waals surface area contributed by atoms with Gasteiger partial charge in [-0.05, 0) is 18.6 Å². The molecule has 1 aromatic rings. The van der Waals surface area contributed by atoms with E-state index in [0.29, 0.717) is 24.3 Å². The van der Waals surface area contributed by atoms with Crippen molar-refractivity contribution in [3.05, 3.63) is 23.9 Å². The van der Waals surface area contributed by atoms with E-state index in [0.717, 1.165) is 0 Å². The van der Waals surface area contributed by atoms with E-state index in [4.69, 9.17) is 10.4 Å². The van der Waals surface area contributed by atoms with Crippen LogP contribution in [0.1, 0.15) is 12.0 Å². The van der Waals surface area contributed by atoms with E-state index in [2.05, 4.69) is 10.3 Å². The Hall–Kier alpha value is -1.60. The summed E-state index contributed by atoms with van der Waals surface area (Å²) in [6.07, 6.45) is 2.28. The average molecular weight is 177 g/mol. The molecule has 0 aromatic carbocycles. The summed E-state index contributed by atoms with van der Waals surface area (Å²) < 4.78 is 0. The molecule has 0 aliphatic heterocycles. The van der Waals surface area contributed by atoms with Crippen molar-refractivity contribution in [3.63, 3.8) is 0 Å². The molecule has 0 atom stereocenters. The molecule has 1 heterocycles. The van der Waals surface area contributed by atoms with Crippen LogP contribution in [0.25, 0.3) is 0 Å². The van der Waals surface area contributed by atoms with E-state index in [9.17, 15) is 0 Å². The Balaban J connectivity index is 2.60. The number of aliphatic hydroxyl groups excluding tert-OH is 1. The molecule has 13 heavy (non-hydrogen) atoms. The highest BCUT2D eigenvalue weighted by Gasteiger charge is 1.99. The molecule has 68 valence electrons. The fourth-order valence-corrected chi connectivity index (χ4v) is 0.922. The number of nitrogens with one attached hydrogen (secondary N) is 1. The summed E-state index contributed by atoms with van der Waals surface area (Å²) >= 11 is 0. The van der Waals surface area contributed by atoms with Crippen LogP contribution in [0.2, 0.25) is 0 Å². The summed E-state index contributed by atoms with van der Waals surface area (Å²) in [4.78, 5) is 4.01. The summed E-state index contributed by atoms with van der Waals surface area (Å²) in [5.41, 5.74) is 0.528. The van der Waals surface area contributed by atoms with E-state index in [1.807, 2.05) is 6.07 Å². The third-order valence-corrected chi connectivity index (χ3v) is 1.56. The highest BCUT2D eigenvalue weighted by molar-refractivity contribution is 5.50. The number of aromatic nitrogens is 1. The van der Waals surface area contributed by atoms with Gasteiger partial charge in [-0.3, -0.25) is 0 Å². The van der Waals surface area contributed by atoms with Crippen LogP contribution in [0, 0.1) is 11.3 Å². The smallest absolute Gasteiger partial charge is 0.143 e. The topological polar surface area (TPSA) is 68.9 Å². The molecule has 1 aromatic heterocycles. The molecule has 0 saturated heterocycles. The Morgan fingerprint density at radius 3 is 3.15 bits per heavy atom. The van der Waals surface area contributed by atoms with Crippen LogP contribution in [-0.4, -0.2) is 23.2 Å². The highest BCUT2D eigenvalue weighted by atomic mass is 16.3. The summed E-state index contributed by atoms with van der Waals surface area (Å²) in [6, 6.07) is 5.46. The average Bonchev–Trinajstić information content (AvgIpc) is 2.19. The normalized spacial score (nSPS) is 9.23. The minimum absolute atomic E-state index is 0.141. The first kappa shape index (κ1) is 9.49. The Morgan fingerprint density at radius 1 is 1.62 bits per heavy atom. The van der Waals surface area contributed by atoms with Crippen LogP contribution in [0.4, 0.5) is 5.82 Å². The Bertz CT molecular complexity index is 306. The van der Waals surface area contributed by atoms with Gasteiger partial charge in [0.05, 0.1) is 5.56 Å². The van der Waals surface area contributed by atoms with Gasteiger partial charge < -0.3 is 10.4 Å². The Kier molecular flexibility index (Phi) is 3.74. The van der Waals surface area contributed by atoms with Crippen LogP contribution < -0.4 is 5.32 Å². The van der Waals surface area contributed by atoms with Crippen molar-refractivity contribution in [2.24, 2.45) is 0 Å². The molecule has 2 N–H and O–H groups in total. The number of rotatable bonds is 4. The van der Waals surface area contributed by atoms with Crippen LogP contribution in [0.5, 0.6) is 0 Å². The van der Waals surface area contributed by atoms with E-state index >= 15 is 0 Å². The minimum Gasteiger partial charge on any atom is -0.396 e. The maximum atomic E-state index is 8.70. The molecular weight excluding hydrogens is 166 g/mol. The Morgan fingerprint density at radius 2 is 2.46 bits per heavy atom. The number of hydrogen-bond acceptors (Lipinski definition) is 4. The molecule has 0 spiro atoms. The summed E-state index contributed by atoms with van der Waals surface area (Å²) in [6.45, 7) is 0.768. The van der Waals surface area contributed by atoms with Crippen LogP contribution in [0.3, 0.4) is 0 Å². The van der Waals surface area contributed by atoms with Gasteiger partial charge in [-0.25, -0.2) is 4.98 Å². The molecule has 0 aliphatic carbocycles. The van der Waals surface area contributed by atoms with Gasteiger partial charge in [0.25, 0.3) is 0 Å². The third-order valence-electron chi connectivity index (χ3n) is 1.56. The SMILES string of the molecule is N#Cc1cccnc1NCCCO. The first-order chi connectivity index (χ1) is 6.38. The number of nitrogens with zero attached hydrogens (tertiary/aromatic N) is 2. The summed E-state index contributed by atoms with van der Waals surface area (Å²) in [5.74, 6) is 0.582. The lowest BCUT2D eigenvalue weighted by Gasteiger charge is -2.04. The highest BCUT2D eigenvalue weighted by Crippen LogP contribution is 2.08. The minimum atomic E-state index is 0.141. The van der Waals surface area contributed by atoms with E-state index in [1.165, 1.54) is 0 Å². The Labute approximate surface area is 76.8 Å². The van der Waals surface area contributed by atoms with Crippen molar-refractivity contribution < 1.29 is 5.11 Å². The van der Waals surface area contributed by atoms with Gasteiger partial charge in [0.2, 0.25) is 0 Å². The predicted molar refractivity (Wildman–Crippen MR) is 49.1 cm³/mol. The van der Waals surface area contributed by atoms with Gasteiger partial charge >= 0.3 is 0 Å². The lowest BCUT2D eigenvalue weighted by molar-refractivity contribution is 0.292. The molecule has 0 saturated carbocycles. The number of aliphatic hydroxyl groups is 1. The second-order valence-corrected chi connectivity index (χ2v) is 2.52. The zero-order valence-electron chi connectivity index (χ0n) is 7.20. The van der Waals surface area contributed by atoms with Crippen molar-refractivity contribution >= 4 is 5.82 Å². The first-order valence-electron chi connectivity index (χ1n) is 4.08. The largest absolute Gasteiger partial charge is 0.396 e. The van der Waals surface area contributed by atoms with E-state index in [-0.39, 0.29) is 6.61 Å². The molecule has 0 radical (unpaired) electrons. The second kappa shape index (κ2) is 5.12. The molecule has 4 heteroatoms. The van der Waals surface area contributed by atoms with Gasteiger partial charge in [-0.2, -0.15) is 5.26 Å². The fourth-order valence-electron chi connectivity index (χ4n) is 0.922. The fraction of sp³-hybridized carbons (Fsp3) is 0.333. The van der Waals surface area contributed by atoms with Gasteiger partial charge in [0.1, 0.15) is 11.9 Å². The van der Waals surface area contributed by atoms with Gasteiger partial charge in [0, 0.05) is 19.3 Å². The molecule has 0 amide bonds. The van der Waals surface area contributed by atoms with E-state index in [1.54, 1.807) is 18.3 Å². The van der Waals surface area contributed by atoms with Gasteiger partial charge in [0.15, 0.2) is 0 Å². The number of pyridine rings is 1. The molecule has 0 unspecified atom stereocenters. The number of anilines is 1. The molecule has 0 aliphatic rings. The van der Waals surface area contributed by atoms with Crippen molar-refractivity contribution in [2.75, 3.05) is 18.5 Å². The molecule has 1 rings (SSSR count). The third kappa shape index (κ3) is 2.73. The van der Waals surface area contributed by atoms with Crippen molar-refractivity contribution in [1.82, 2.24) is 4.98 Å². The van der Waals surface area contributed by atoms with E-state index < -0.39 is 0 Å². The van der Waals surface area contributed by atoms with Crippen LogP contribution >= 0.6 is 0 Å². The lowest BCUT2D eigenvalue weighted by atomic mass is 10.3. The standard InChI is InChI=1S/C9H11N3O/c10-7-8-3-1-4-11-9(8)12-5-2-6-13/h1,3-4,13H,2,5-6H2,(H,11,12). The predicted octanol–water partition coefficient (Wildman–Crippen LogP) is 0.748. The monoisotopic (exact) mass is 177 g/mol. The molecule has 0 bridgehead atoms. The van der Waals surface area contributed by atoms with Crippen molar-refractivity contribution in [3.8, 4) is 6.07 Å². The lowest BCUT2D eigenvalue weighted by Crippen LogP contribution is -2.06. The van der Waals surface area contributed by atoms with Crippen molar-refractivity contribution in [2.45, 2.75) is 6.42 Å². The zero-order valence-corrected chi connectivity index (χ0v) is 7.20. The van der Waals surface area contributed by atoms with Crippen LogP contribution in [-0.2, 0) is 0 Å². The quantitative estimate of drug-likeness (QED) is 0.666. The van der Waals surface area contributed by atoms with Crippen molar-refractivity contribution in [1.29, 1.82) is 5.26 Å². The molecular formula is C9H11N3O.